The summed E-state index contributed by atoms with van der Waals surface area (Å²) in [5.74, 6) is 0.242. The Kier molecular flexibility index (Phi) is 5.24. The number of ether oxygens (including phenoxy) is 1. The van der Waals surface area contributed by atoms with Crippen LogP contribution in [-0.4, -0.2) is 35.2 Å². The summed E-state index contributed by atoms with van der Waals surface area (Å²) in [6, 6.07) is 14.5. The summed E-state index contributed by atoms with van der Waals surface area (Å²) in [5.41, 5.74) is 1.99. The molecule has 1 fully saturated rings. The molecule has 1 aliphatic rings. The fourth-order valence-electron chi connectivity index (χ4n) is 3.35. The summed E-state index contributed by atoms with van der Waals surface area (Å²) in [4.78, 5) is 27.0. The van der Waals surface area contributed by atoms with E-state index in [0.29, 0.717) is 41.7 Å². The molecule has 1 N–H and O–H groups in total. The minimum absolute atomic E-state index is 0.100. The first kappa shape index (κ1) is 18.7. The van der Waals surface area contributed by atoms with Crippen molar-refractivity contribution in [2.75, 3.05) is 23.4 Å². The lowest BCUT2D eigenvalue weighted by molar-refractivity contribution is -0.122. The summed E-state index contributed by atoms with van der Waals surface area (Å²) < 4.78 is 10.8. The van der Waals surface area contributed by atoms with Gasteiger partial charge in [0.25, 0.3) is 0 Å². The van der Waals surface area contributed by atoms with Gasteiger partial charge in [-0.05, 0) is 37.3 Å². The normalized spacial score (nSPS) is 16.1. The van der Waals surface area contributed by atoms with Crippen LogP contribution in [-0.2, 0) is 9.59 Å². The first-order chi connectivity index (χ1) is 14.2. The molecule has 1 aromatic heterocycles. The fraction of sp³-hybridized carbons (Fsp3) is 0.238. The number of nitrogens with zero attached hydrogens (tertiary/aromatic N) is 3. The molecule has 1 atom stereocenters. The maximum Gasteiger partial charge on any atom is 0.247 e. The first-order valence-corrected chi connectivity index (χ1v) is 9.35. The highest BCUT2D eigenvalue weighted by Crippen LogP contribution is 2.33. The van der Waals surface area contributed by atoms with Gasteiger partial charge < -0.3 is 19.4 Å². The molecule has 0 saturated carbocycles. The minimum Gasteiger partial charge on any atom is -0.492 e. The highest BCUT2D eigenvalue weighted by molar-refractivity contribution is 6.04. The third-order valence-corrected chi connectivity index (χ3v) is 4.69. The van der Waals surface area contributed by atoms with Crippen LogP contribution in [0.5, 0.6) is 5.75 Å². The second kappa shape index (κ2) is 8.14. The van der Waals surface area contributed by atoms with E-state index in [4.69, 9.17) is 9.15 Å². The summed E-state index contributed by atoms with van der Waals surface area (Å²) in [6.45, 7) is 2.69. The van der Waals surface area contributed by atoms with Gasteiger partial charge in [-0.15, -0.1) is 10.2 Å². The molecule has 29 heavy (non-hydrogen) atoms. The van der Waals surface area contributed by atoms with Gasteiger partial charge >= 0.3 is 0 Å². The lowest BCUT2D eigenvalue weighted by Crippen LogP contribution is -2.28. The van der Waals surface area contributed by atoms with Crippen LogP contribution >= 0.6 is 0 Å². The molecule has 1 unspecified atom stereocenters. The molecule has 8 nitrogen and oxygen atoms in total. The van der Waals surface area contributed by atoms with Crippen molar-refractivity contribution < 1.29 is 18.7 Å². The Morgan fingerprint density at radius 2 is 2.14 bits per heavy atom. The van der Waals surface area contributed by atoms with Gasteiger partial charge in [0.05, 0.1) is 18.2 Å². The van der Waals surface area contributed by atoms with Crippen molar-refractivity contribution in [3.05, 3.63) is 54.9 Å². The Morgan fingerprint density at radius 3 is 2.93 bits per heavy atom. The molecular weight excluding hydrogens is 372 g/mol. The van der Waals surface area contributed by atoms with Gasteiger partial charge in [0, 0.05) is 24.2 Å². The monoisotopic (exact) mass is 392 g/mol. The minimum atomic E-state index is -0.454. The molecule has 148 valence electrons. The van der Waals surface area contributed by atoms with E-state index in [9.17, 15) is 9.59 Å². The molecule has 8 heteroatoms. The summed E-state index contributed by atoms with van der Waals surface area (Å²) in [7, 11) is 0. The zero-order chi connectivity index (χ0) is 20.2. The number of carbonyl (C=O) groups is 2. The number of para-hydroxylation sites is 2. The van der Waals surface area contributed by atoms with Crippen molar-refractivity contribution in [3.8, 4) is 17.2 Å². The highest BCUT2D eigenvalue weighted by atomic mass is 16.5. The molecule has 2 aromatic carbocycles. The Hall–Kier alpha value is -3.68. The predicted octanol–water partition coefficient (Wildman–Crippen LogP) is 3.13. The topological polar surface area (TPSA) is 97.6 Å². The average Bonchev–Trinajstić information content (AvgIpc) is 3.39. The van der Waals surface area contributed by atoms with Crippen LogP contribution in [0.4, 0.5) is 11.4 Å². The number of anilines is 2. The van der Waals surface area contributed by atoms with E-state index >= 15 is 0 Å². The highest BCUT2D eigenvalue weighted by Gasteiger charge is 2.36. The number of benzene rings is 2. The lowest BCUT2D eigenvalue weighted by Gasteiger charge is -2.20. The van der Waals surface area contributed by atoms with Crippen LogP contribution < -0.4 is 15.0 Å². The zero-order valence-corrected chi connectivity index (χ0v) is 15.9. The van der Waals surface area contributed by atoms with Crippen molar-refractivity contribution in [1.29, 1.82) is 0 Å². The predicted molar refractivity (Wildman–Crippen MR) is 106 cm³/mol. The van der Waals surface area contributed by atoms with Crippen molar-refractivity contribution >= 4 is 23.2 Å². The van der Waals surface area contributed by atoms with E-state index in [1.54, 1.807) is 23.1 Å². The van der Waals surface area contributed by atoms with Crippen LogP contribution in [0.1, 0.15) is 13.3 Å². The third kappa shape index (κ3) is 3.96. The van der Waals surface area contributed by atoms with Crippen LogP contribution in [0, 0.1) is 5.92 Å². The largest absolute Gasteiger partial charge is 0.492 e. The standard InChI is InChI=1S/C21H20N4O4/c1-2-28-18-9-4-3-8-17(18)25-12-15(11-19(25)26)20(27)23-16-7-5-6-14(10-16)21-24-22-13-29-21/h3-10,13,15H,2,11-12H2,1H3,(H,23,27). The summed E-state index contributed by atoms with van der Waals surface area (Å²) in [5, 5.41) is 10.4. The Morgan fingerprint density at radius 1 is 1.28 bits per heavy atom. The average molecular weight is 392 g/mol. The number of hydrogen-bond acceptors (Lipinski definition) is 6. The van der Waals surface area contributed by atoms with Gasteiger partial charge in [0.1, 0.15) is 5.75 Å². The van der Waals surface area contributed by atoms with Crippen LogP contribution in [0.2, 0.25) is 0 Å². The van der Waals surface area contributed by atoms with E-state index < -0.39 is 5.92 Å². The van der Waals surface area contributed by atoms with E-state index in [0.717, 1.165) is 0 Å². The lowest BCUT2D eigenvalue weighted by atomic mass is 10.1. The van der Waals surface area contributed by atoms with Crippen molar-refractivity contribution in [1.82, 2.24) is 10.2 Å². The number of hydrogen-bond donors (Lipinski definition) is 1. The Labute approximate surface area is 167 Å². The SMILES string of the molecule is CCOc1ccccc1N1CC(C(=O)Nc2cccc(-c3nnco3)c2)CC1=O. The van der Waals surface area contributed by atoms with Crippen LogP contribution in [0.3, 0.4) is 0 Å². The second-order valence-electron chi connectivity index (χ2n) is 6.62. The van der Waals surface area contributed by atoms with Crippen LogP contribution in [0.15, 0.2) is 59.3 Å². The molecule has 3 aromatic rings. The molecule has 0 bridgehead atoms. The fourth-order valence-corrected chi connectivity index (χ4v) is 3.35. The van der Waals surface area contributed by atoms with Gasteiger partial charge in [0.2, 0.25) is 24.1 Å². The molecule has 0 spiro atoms. The van der Waals surface area contributed by atoms with Crippen molar-refractivity contribution in [2.24, 2.45) is 5.92 Å². The van der Waals surface area contributed by atoms with Gasteiger partial charge in [-0.1, -0.05) is 18.2 Å². The quantitative estimate of drug-likeness (QED) is 0.692. The Bertz CT molecular complexity index is 1020. The van der Waals surface area contributed by atoms with E-state index in [1.807, 2.05) is 37.3 Å². The summed E-state index contributed by atoms with van der Waals surface area (Å²) >= 11 is 0. The van der Waals surface area contributed by atoms with Gasteiger partial charge in [-0.3, -0.25) is 9.59 Å². The molecule has 2 heterocycles. The second-order valence-corrected chi connectivity index (χ2v) is 6.62. The third-order valence-electron chi connectivity index (χ3n) is 4.69. The number of aromatic nitrogens is 2. The summed E-state index contributed by atoms with van der Waals surface area (Å²) in [6.07, 6.45) is 1.40. The number of nitrogens with one attached hydrogen (secondary N) is 1. The number of carbonyl (C=O) groups excluding carboxylic acids is 2. The van der Waals surface area contributed by atoms with Gasteiger partial charge in [-0.2, -0.15) is 0 Å². The van der Waals surface area contributed by atoms with E-state index in [2.05, 4.69) is 15.5 Å². The van der Waals surface area contributed by atoms with E-state index in [1.165, 1.54) is 6.39 Å². The van der Waals surface area contributed by atoms with Crippen molar-refractivity contribution in [3.63, 3.8) is 0 Å². The molecule has 2 amide bonds. The van der Waals surface area contributed by atoms with Crippen LogP contribution in [0.25, 0.3) is 11.5 Å². The molecule has 1 aliphatic heterocycles. The first-order valence-electron chi connectivity index (χ1n) is 9.35. The van der Waals surface area contributed by atoms with Crippen molar-refractivity contribution in [2.45, 2.75) is 13.3 Å². The molecule has 0 radical (unpaired) electrons. The maximum atomic E-state index is 12.8. The maximum absolute atomic E-state index is 12.8. The van der Waals surface area contributed by atoms with Gasteiger partial charge in [-0.25, -0.2) is 0 Å². The molecule has 1 saturated heterocycles. The zero-order valence-electron chi connectivity index (χ0n) is 15.9. The smallest absolute Gasteiger partial charge is 0.247 e. The molecular formula is C21H20N4O4. The molecule has 0 aliphatic carbocycles. The molecule has 4 rings (SSSR count). The number of rotatable bonds is 6. The Balaban J connectivity index is 1.47. The van der Waals surface area contributed by atoms with Gasteiger partial charge in [0.15, 0.2) is 0 Å². The van der Waals surface area contributed by atoms with E-state index in [-0.39, 0.29) is 18.2 Å². The number of amides is 2.